The summed E-state index contributed by atoms with van der Waals surface area (Å²) in [6.07, 6.45) is 2.53. The van der Waals surface area contributed by atoms with Gasteiger partial charge in [-0.1, -0.05) is 32.0 Å². The molecule has 0 spiro atoms. The van der Waals surface area contributed by atoms with Crippen molar-refractivity contribution in [1.82, 2.24) is 9.71 Å². The standard InChI is InChI=1S/C18H23N3O2S/c1-14(2)15-6-5-7-17(12-15)24(22,23)20-16-9-11-21(13-16)18-8-3-4-10-19-18/h3-8,10,12,14,16,20H,9,11,13H2,1-2H3/t16-/m0/s1. The Kier molecular flexibility index (Phi) is 4.87. The Hall–Kier alpha value is -1.92. The molecular weight excluding hydrogens is 322 g/mol. The predicted molar refractivity (Wildman–Crippen MR) is 95.7 cm³/mol. The molecule has 6 heteroatoms. The molecule has 0 saturated carbocycles. The van der Waals surface area contributed by atoms with E-state index in [1.807, 2.05) is 24.3 Å². The minimum atomic E-state index is -3.50. The van der Waals surface area contributed by atoms with Crippen LogP contribution in [0.25, 0.3) is 0 Å². The highest BCUT2D eigenvalue weighted by molar-refractivity contribution is 7.89. The largest absolute Gasteiger partial charge is 0.355 e. The van der Waals surface area contributed by atoms with Crippen LogP contribution < -0.4 is 9.62 Å². The summed E-state index contributed by atoms with van der Waals surface area (Å²) in [5, 5.41) is 0. The van der Waals surface area contributed by atoms with Crippen LogP contribution in [0.4, 0.5) is 5.82 Å². The van der Waals surface area contributed by atoms with Gasteiger partial charge in [-0.15, -0.1) is 0 Å². The van der Waals surface area contributed by atoms with Gasteiger partial charge < -0.3 is 4.90 Å². The first-order valence-electron chi connectivity index (χ1n) is 8.24. The van der Waals surface area contributed by atoms with E-state index in [0.29, 0.717) is 17.4 Å². The third kappa shape index (κ3) is 3.76. The third-order valence-electron chi connectivity index (χ3n) is 4.32. The fourth-order valence-electron chi connectivity index (χ4n) is 2.93. The number of nitrogens with one attached hydrogen (secondary N) is 1. The second-order valence-corrected chi connectivity index (χ2v) is 8.18. The average molecular weight is 345 g/mol. The molecule has 1 aliphatic rings. The highest BCUT2D eigenvalue weighted by Crippen LogP contribution is 2.21. The van der Waals surface area contributed by atoms with E-state index in [0.717, 1.165) is 24.3 Å². The smallest absolute Gasteiger partial charge is 0.240 e. The normalized spacial score (nSPS) is 18.3. The van der Waals surface area contributed by atoms with E-state index in [2.05, 4.69) is 28.5 Å². The van der Waals surface area contributed by atoms with Crippen LogP contribution in [-0.4, -0.2) is 32.5 Å². The lowest BCUT2D eigenvalue weighted by Crippen LogP contribution is -2.37. The van der Waals surface area contributed by atoms with Gasteiger partial charge in [0.15, 0.2) is 0 Å². The molecule has 0 bridgehead atoms. The summed E-state index contributed by atoms with van der Waals surface area (Å²) in [5.74, 6) is 1.19. The lowest BCUT2D eigenvalue weighted by atomic mass is 10.0. The number of sulfonamides is 1. The SMILES string of the molecule is CC(C)c1cccc(S(=O)(=O)N[C@H]2CCN(c3ccccn3)C2)c1. The molecule has 1 saturated heterocycles. The van der Waals surface area contributed by atoms with Crippen molar-refractivity contribution in [3.05, 3.63) is 54.2 Å². The molecule has 24 heavy (non-hydrogen) atoms. The van der Waals surface area contributed by atoms with Gasteiger partial charge in [-0.3, -0.25) is 0 Å². The van der Waals surface area contributed by atoms with Crippen LogP contribution in [0.5, 0.6) is 0 Å². The molecular formula is C18H23N3O2S. The minimum Gasteiger partial charge on any atom is -0.355 e. The Morgan fingerprint density at radius 3 is 2.75 bits per heavy atom. The molecule has 2 aromatic rings. The number of benzene rings is 1. The maximum absolute atomic E-state index is 12.7. The second kappa shape index (κ2) is 6.91. The van der Waals surface area contributed by atoms with Crippen LogP contribution in [0.2, 0.25) is 0 Å². The van der Waals surface area contributed by atoms with E-state index in [1.165, 1.54) is 0 Å². The zero-order chi connectivity index (χ0) is 17.2. The molecule has 1 atom stereocenters. The lowest BCUT2D eigenvalue weighted by molar-refractivity contribution is 0.561. The van der Waals surface area contributed by atoms with Crippen molar-refractivity contribution < 1.29 is 8.42 Å². The average Bonchev–Trinajstić information content (AvgIpc) is 3.03. The Bertz CT molecular complexity index is 791. The maximum Gasteiger partial charge on any atom is 0.240 e. The van der Waals surface area contributed by atoms with Crippen molar-refractivity contribution in [2.45, 2.75) is 37.1 Å². The highest BCUT2D eigenvalue weighted by Gasteiger charge is 2.28. The summed E-state index contributed by atoms with van der Waals surface area (Å²) in [7, 11) is -3.50. The number of anilines is 1. The summed E-state index contributed by atoms with van der Waals surface area (Å²) in [4.78, 5) is 6.78. The van der Waals surface area contributed by atoms with E-state index in [1.54, 1.807) is 24.4 Å². The predicted octanol–water partition coefficient (Wildman–Crippen LogP) is 2.76. The van der Waals surface area contributed by atoms with Gasteiger partial charge in [0.1, 0.15) is 5.82 Å². The van der Waals surface area contributed by atoms with Gasteiger partial charge in [-0.25, -0.2) is 18.1 Å². The summed E-state index contributed by atoms with van der Waals surface area (Å²) in [6.45, 7) is 5.55. The summed E-state index contributed by atoms with van der Waals surface area (Å²) >= 11 is 0. The molecule has 5 nitrogen and oxygen atoms in total. The quantitative estimate of drug-likeness (QED) is 0.905. The molecule has 1 aliphatic heterocycles. The molecule has 1 aromatic carbocycles. The van der Waals surface area contributed by atoms with E-state index in [4.69, 9.17) is 0 Å². The van der Waals surface area contributed by atoms with Gasteiger partial charge in [0.05, 0.1) is 4.90 Å². The van der Waals surface area contributed by atoms with Gasteiger partial charge in [0.25, 0.3) is 0 Å². The molecule has 128 valence electrons. The van der Waals surface area contributed by atoms with Crippen molar-refractivity contribution >= 4 is 15.8 Å². The summed E-state index contributed by atoms with van der Waals surface area (Å²) in [5.41, 5.74) is 1.03. The van der Waals surface area contributed by atoms with E-state index >= 15 is 0 Å². The number of rotatable bonds is 5. The third-order valence-corrected chi connectivity index (χ3v) is 5.84. The topological polar surface area (TPSA) is 62.3 Å². The fraction of sp³-hybridized carbons (Fsp3) is 0.389. The monoisotopic (exact) mass is 345 g/mol. The van der Waals surface area contributed by atoms with Gasteiger partial charge in [-0.2, -0.15) is 0 Å². The van der Waals surface area contributed by atoms with Gasteiger partial charge in [0.2, 0.25) is 10.0 Å². The summed E-state index contributed by atoms with van der Waals surface area (Å²) < 4.78 is 28.2. The lowest BCUT2D eigenvalue weighted by Gasteiger charge is -2.18. The number of nitrogens with zero attached hydrogens (tertiary/aromatic N) is 2. The second-order valence-electron chi connectivity index (χ2n) is 6.47. The molecule has 0 amide bonds. The molecule has 0 aliphatic carbocycles. The van der Waals surface area contributed by atoms with E-state index in [-0.39, 0.29) is 6.04 Å². The summed E-state index contributed by atoms with van der Waals surface area (Å²) in [6, 6.07) is 12.8. The van der Waals surface area contributed by atoms with E-state index < -0.39 is 10.0 Å². The Balaban J connectivity index is 1.71. The Morgan fingerprint density at radius 1 is 1.21 bits per heavy atom. The molecule has 3 rings (SSSR count). The molecule has 2 heterocycles. The van der Waals surface area contributed by atoms with Crippen LogP contribution in [0.15, 0.2) is 53.6 Å². The Morgan fingerprint density at radius 2 is 2.04 bits per heavy atom. The first-order valence-corrected chi connectivity index (χ1v) is 9.72. The van der Waals surface area contributed by atoms with Crippen molar-refractivity contribution in [2.24, 2.45) is 0 Å². The molecule has 1 N–H and O–H groups in total. The minimum absolute atomic E-state index is 0.0975. The van der Waals surface area contributed by atoms with Crippen molar-refractivity contribution in [2.75, 3.05) is 18.0 Å². The highest BCUT2D eigenvalue weighted by atomic mass is 32.2. The number of pyridine rings is 1. The maximum atomic E-state index is 12.7. The fourth-order valence-corrected chi connectivity index (χ4v) is 4.25. The van der Waals surface area contributed by atoms with Crippen molar-refractivity contribution in [3.63, 3.8) is 0 Å². The molecule has 0 radical (unpaired) electrons. The first kappa shape index (κ1) is 16.9. The van der Waals surface area contributed by atoms with Crippen molar-refractivity contribution in [3.8, 4) is 0 Å². The van der Waals surface area contributed by atoms with Crippen LogP contribution in [0, 0.1) is 0 Å². The van der Waals surface area contributed by atoms with Gasteiger partial charge in [0, 0.05) is 25.3 Å². The zero-order valence-corrected chi connectivity index (χ0v) is 14.8. The molecule has 0 unspecified atom stereocenters. The van der Waals surface area contributed by atoms with Gasteiger partial charge in [-0.05, 0) is 42.2 Å². The zero-order valence-electron chi connectivity index (χ0n) is 14.0. The van der Waals surface area contributed by atoms with Crippen molar-refractivity contribution in [1.29, 1.82) is 0 Å². The Labute approximate surface area is 143 Å². The van der Waals surface area contributed by atoms with Gasteiger partial charge >= 0.3 is 0 Å². The van der Waals surface area contributed by atoms with Crippen LogP contribution in [-0.2, 0) is 10.0 Å². The molecule has 1 aromatic heterocycles. The number of hydrogen-bond acceptors (Lipinski definition) is 4. The van der Waals surface area contributed by atoms with Crippen LogP contribution in [0.3, 0.4) is 0 Å². The number of aromatic nitrogens is 1. The van der Waals surface area contributed by atoms with Crippen LogP contribution >= 0.6 is 0 Å². The van der Waals surface area contributed by atoms with E-state index in [9.17, 15) is 8.42 Å². The first-order chi connectivity index (χ1) is 11.5. The van der Waals surface area contributed by atoms with Crippen LogP contribution in [0.1, 0.15) is 31.7 Å². The number of hydrogen-bond donors (Lipinski definition) is 1. The molecule has 1 fully saturated rings.